The molecule has 0 fully saturated rings. The zero-order chi connectivity index (χ0) is 12.6. The number of rotatable bonds is 3. The third kappa shape index (κ3) is 2.26. The van der Waals surface area contributed by atoms with Crippen LogP contribution in [0.15, 0.2) is 27.4 Å². The van der Waals surface area contributed by atoms with Gasteiger partial charge in [-0.15, -0.1) is 0 Å². The predicted octanol–water partition coefficient (Wildman–Crippen LogP) is 1.97. The summed E-state index contributed by atoms with van der Waals surface area (Å²) in [6.07, 6.45) is 0. The quantitative estimate of drug-likeness (QED) is 0.815. The topological polar surface area (TPSA) is 38.4 Å². The van der Waals surface area contributed by atoms with Crippen LogP contribution in [0.5, 0.6) is 0 Å². The molecule has 0 atom stereocenters. The standard InChI is InChI=1S/C13H18N2O2/c1-9(2)14(3)8-10-5-6-11-12(7-10)17-13(16)15(11)4/h5-7,9H,8H2,1-4H3. The fraction of sp³-hybridized carbons (Fsp3) is 0.462. The van der Waals surface area contributed by atoms with Crippen molar-refractivity contribution in [1.29, 1.82) is 0 Å². The Morgan fingerprint density at radius 3 is 2.76 bits per heavy atom. The molecule has 0 radical (unpaired) electrons. The summed E-state index contributed by atoms with van der Waals surface area (Å²) in [5.41, 5.74) is 2.65. The van der Waals surface area contributed by atoms with Gasteiger partial charge in [-0.1, -0.05) is 6.07 Å². The smallest absolute Gasteiger partial charge is 0.408 e. The Bertz CT molecular complexity index is 581. The lowest BCUT2D eigenvalue weighted by molar-refractivity contribution is 0.266. The van der Waals surface area contributed by atoms with Gasteiger partial charge in [-0.3, -0.25) is 9.47 Å². The van der Waals surface area contributed by atoms with Gasteiger partial charge in [0.1, 0.15) is 0 Å². The highest BCUT2D eigenvalue weighted by Crippen LogP contribution is 2.15. The molecule has 0 aliphatic heterocycles. The van der Waals surface area contributed by atoms with Crippen LogP contribution in [0.4, 0.5) is 0 Å². The molecule has 92 valence electrons. The van der Waals surface area contributed by atoms with Gasteiger partial charge in [0.2, 0.25) is 0 Å². The molecule has 0 unspecified atom stereocenters. The largest absolute Gasteiger partial charge is 0.419 e. The fourth-order valence-electron chi connectivity index (χ4n) is 1.75. The van der Waals surface area contributed by atoms with E-state index in [1.54, 1.807) is 7.05 Å². The molecule has 0 amide bonds. The lowest BCUT2D eigenvalue weighted by Gasteiger charge is -2.20. The van der Waals surface area contributed by atoms with Crippen molar-refractivity contribution in [1.82, 2.24) is 9.47 Å². The summed E-state index contributed by atoms with van der Waals surface area (Å²) in [6.45, 7) is 5.16. The number of hydrogen-bond donors (Lipinski definition) is 0. The van der Waals surface area contributed by atoms with E-state index in [0.717, 1.165) is 17.6 Å². The maximum atomic E-state index is 11.4. The molecule has 0 saturated carbocycles. The minimum absolute atomic E-state index is 0.311. The average molecular weight is 234 g/mol. The number of benzene rings is 1. The molecule has 0 spiro atoms. The monoisotopic (exact) mass is 234 g/mol. The van der Waals surface area contributed by atoms with E-state index in [1.807, 2.05) is 18.2 Å². The molecule has 0 N–H and O–H groups in total. The highest BCUT2D eigenvalue weighted by atomic mass is 16.4. The van der Waals surface area contributed by atoms with Gasteiger partial charge in [0, 0.05) is 19.6 Å². The second kappa shape index (κ2) is 4.37. The minimum Gasteiger partial charge on any atom is -0.408 e. The van der Waals surface area contributed by atoms with Gasteiger partial charge in [0.25, 0.3) is 0 Å². The summed E-state index contributed by atoms with van der Waals surface area (Å²) in [6, 6.07) is 6.41. The lowest BCUT2D eigenvalue weighted by Crippen LogP contribution is -2.25. The maximum Gasteiger partial charge on any atom is 0.419 e. The molecule has 1 aromatic heterocycles. The van der Waals surface area contributed by atoms with Crippen LogP contribution >= 0.6 is 0 Å². The number of oxazole rings is 1. The van der Waals surface area contributed by atoms with E-state index < -0.39 is 0 Å². The van der Waals surface area contributed by atoms with E-state index in [0.29, 0.717) is 11.6 Å². The van der Waals surface area contributed by atoms with Crippen molar-refractivity contribution in [3.05, 3.63) is 34.3 Å². The Balaban J connectivity index is 2.35. The first-order valence-electron chi connectivity index (χ1n) is 5.77. The molecule has 4 nitrogen and oxygen atoms in total. The van der Waals surface area contributed by atoms with Crippen LogP contribution in [0, 0.1) is 0 Å². The molecule has 2 aromatic rings. The van der Waals surface area contributed by atoms with Crippen LogP contribution in [0.3, 0.4) is 0 Å². The molecule has 1 heterocycles. The van der Waals surface area contributed by atoms with E-state index in [2.05, 4.69) is 25.8 Å². The third-order valence-electron chi connectivity index (χ3n) is 3.17. The van der Waals surface area contributed by atoms with Gasteiger partial charge in [0.15, 0.2) is 5.58 Å². The molecule has 0 bridgehead atoms. The molecule has 1 aromatic carbocycles. The van der Waals surface area contributed by atoms with E-state index in [1.165, 1.54) is 4.57 Å². The van der Waals surface area contributed by atoms with Gasteiger partial charge in [0.05, 0.1) is 5.52 Å². The number of nitrogens with zero attached hydrogens (tertiary/aromatic N) is 2. The van der Waals surface area contributed by atoms with Gasteiger partial charge in [-0.2, -0.15) is 0 Å². The molecule has 17 heavy (non-hydrogen) atoms. The zero-order valence-electron chi connectivity index (χ0n) is 10.7. The van der Waals surface area contributed by atoms with Crippen LogP contribution in [-0.4, -0.2) is 22.6 Å². The Morgan fingerprint density at radius 2 is 2.12 bits per heavy atom. The van der Waals surface area contributed by atoms with Crippen LogP contribution in [0.25, 0.3) is 11.1 Å². The first-order valence-corrected chi connectivity index (χ1v) is 5.77. The Morgan fingerprint density at radius 1 is 1.41 bits per heavy atom. The molecule has 0 aliphatic carbocycles. The third-order valence-corrected chi connectivity index (χ3v) is 3.17. The fourth-order valence-corrected chi connectivity index (χ4v) is 1.75. The van der Waals surface area contributed by atoms with Crippen molar-refractivity contribution in [2.45, 2.75) is 26.4 Å². The van der Waals surface area contributed by atoms with Gasteiger partial charge >= 0.3 is 5.76 Å². The second-order valence-electron chi connectivity index (χ2n) is 4.74. The lowest BCUT2D eigenvalue weighted by atomic mass is 10.2. The summed E-state index contributed by atoms with van der Waals surface area (Å²) in [5, 5.41) is 0. The van der Waals surface area contributed by atoms with E-state index >= 15 is 0 Å². The molecular formula is C13H18N2O2. The Kier molecular flexibility index (Phi) is 3.07. The van der Waals surface area contributed by atoms with Crippen molar-refractivity contribution in [2.24, 2.45) is 7.05 Å². The van der Waals surface area contributed by atoms with Crippen LogP contribution in [0.1, 0.15) is 19.4 Å². The van der Waals surface area contributed by atoms with E-state index in [-0.39, 0.29) is 5.76 Å². The Hall–Kier alpha value is -1.55. The van der Waals surface area contributed by atoms with Crippen LogP contribution in [-0.2, 0) is 13.6 Å². The van der Waals surface area contributed by atoms with Crippen molar-refractivity contribution >= 4 is 11.1 Å². The Labute approximate surface area is 100 Å². The van der Waals surface area contributed by atoms with E-state index in [4.69, 9.17) is 4.42 Å². The van der Waals surface area contributed by atoms with Gasteiger partial charge < -0.3 is 4.42 Å². The zero-order valence-corrected chi connectivity index (χ0v) is 10.7. The summed E-state index contributed by atoms with van der Waals surface area (Å²) < 4.78 is 6.69. The number of fused-ring (bicyclic) bond motifs is 1. The average Bonchev–Trinajstić information content (AvgIpc) is 2.54. The molecule has 2 rings (SSSR count). The predicted molar refractivity (Wildman–Crippen MR) is 68.1 cm³/mol. The van der Waals surface area contributed by atoms with Gasteiger partial charge in [-0.05, 0) is 38.6 Å². The molecule has 0 saturated heterocycles. The van der Waals surface area contributed by atoms with Crippen LogP contribution in [0.2, 0.25) is 0 Å². The SMILES string of the molecule is CC(C)N(C)Cc1ccc2c(c1)oc(=O)n2C. The van der Waals surface area contributed by atoms with Crippen molar-refractivity contribution in [3.8, 4) is 0 Å². The number of aryl methyl sites for hydroxylation is 1. The molecule has 0 aliphatic rings. The summed E-state index contributed by atoms with van der Waals surface area (Å²) >= 11 is 0. The highest BCUT2D eigenvalue weighted by molar-refractivity contribution is 5.73. The van der Waals surface area contributed by atoms with Crippen LogP contribution < -0.4 is 5.76 Å². The number of aromatic nitrogens is 1. The van der Waals surface area contributed by atoms with Crippen molar-refractivity contribution in [3.63, 3.8) is 0 Å². The van der Waals surface area contributed by atoms with Gasteiger partial charge in [-0.25, -0.2) is 4.79 Å². The summed E-state index contributed by atoms with van der Waals surface area (Å²) in [5.74, 6) is -0.311. The molecular weight excluding hydrogens is 216 g/mol. The molecule has 4 heteroatoms. The normalized spacial score (nSPS) is 11.9. The second-order valence-corrected chi connectivity index (χ2v) is 4.74. The first-order chi connectivity index (χ1) is 7.99. The highest BCUT2D eigenvalue weighted by Gasteiger charge is 2.08. The summed E-state index contributed by atoms with van der Waals surface area (Å²) in [4.78, 5) is 13.6. The number of hydrogen-bond acceptors (Lipinski definition) is 3. The minimum atomic E-state index is -0.311. The summed E-state index contributed by atoms with van der Waals surface area (Å²) in [7, 11) is 3.80. The first kappa shape index (κ1) is 11.9. The van der Waals surface area contributed by atoms with Crippen molar-refractivity contribution < 1.29 is 4.42 Å². The maximum absolute atomic E-state index is 11.4. The van der Waals surface area contributed by atoms with E-state index in [9.17, 15) is 4.79 Å². The van der Waals surface area contributed by atoms with Crippen molar-refractivity contribution in [2.75, 3.05) is 7.05 Å².